The molecule has 3 rings (SSSR count). The van der Waals surface area contributed by atoms with E-state index in [4.69, 9.17) is 0 Å². The molecule has 1 amide bonds. The maximum atomic E-state index is 12.4. The molecule has 140 valence electrons. The number of hydrogen-bond acceptors (Lipinski definition) is 4. The predicted octanol–water partition coefficient (Wildman–Crippen LogP) is 2.49. The monoisotopic (exact) mass is 355 g/mol. The number of amides is 1. The van der Waals surface area contributed by atoms with Gasteiger partial charge in [0, 0.05) is 31.5 Å². The van der Waals surface area contributed by atoms with E-state index < -0.39 is 0 Å². The number of aryl methyl sites for hydroxylation is 1. The van der Waals surface area contributed by atoms with E-state index in [9.17, 15) is 4.79 Å². The molecule has 3 heterocycles. The first-order chi connectivity index (χ1) is 12.6. The van der Waals surface area contributed by atoms with Gasteiger partial charge in [0.25, 0.3) is 0 Å². The van der Waals surface area contributed by atoms with Crippen molar-refractivity contribution in [1.29, 1.82) is 0 Å². The van der Waals surface area contributed by atoms with Gasteiger partial charge in [0.15, 0.2) is 0 Å². The highest BCUT2D eigenvalue weighted by atomic mass is 16.2. The smallest absolute Gasteiger partial charge is 0.241 e. The zero-order valence-corrected chi connectivity index (χ0v) is 16.0. The SMILES string of the molecule is CCc1c(C)nn(CC(=O)NC[C@H]2CCCN(c3ccccn3)C2)c1C. The van der Waals surface area contributed by atoms with E-state index in [1.54, 1.807) is 0 Å². The summed E-state index contributed by atoms with van der Waals surface area (Å²) in [5.41, 5.74) is 3.37. The molecule has 1 fully saturated rings. The first-order valence-electron chi connectivity index (χ1n) is 9.54. The van der Waals surface area contributed by atoms with Crippen LogP contribution in [0.1, 0.15) is 36.7 Å². The fourth-order valence-electron chi connectivity index (χ4n) is 3.83. The summed E-state index contributed by atoms with van der Waals surface area (Å²) in [6, 6.07) is 6.01. The van der Waals surface area contributed by atoms with E-state index in [1.165, 1.54) is 5.56 Å². The Kier molecular flexibility index (Phi) is 5.91. The molecule has 1 aliphatic heterocycles. The molecule has 1 aliphatic rings. The number of rotatable bonds is 6. The number of pyridine rings is 1. The molecular weight excluding hydrogens is 326 g/mol. The highest BCUT2D eigenvalue weighted by Crippen LogP contribution is 2.20. The summed E-state index contributed by atoms with van der Waals surface area (Å²) in [7, 11) is 0. The number of piperidine rings is 1. The van der Waals surface area contributed by atoms with Crippen molar-refractivity contribution in [2.45, 2.75) is 46.6 Å². The van der Waals surface area contributed by atoms with Crippen molar-refractivity contribution in [2.24, 2.45) is 5.92 Å². The van der Waals surface area contributed by atoms with Crippen molar-refractivity contribution in [3.8, 4) is 0 Å². The lowest BCUT2D eigenvalue weighted by molar-refractivity contribution is -0.122. The number of nitrogens with zero attached hydrogens (tertiary/aromatic N) is 4. The van der Waals surface area contributed by atoms with Crippen LogP contribution < -0.4 is 10.2 Å². The Hall–Kier alpha value is -2.37. The van der Waals surface area contributed by atoms with Crippen molar-refractivity contribution in [3.63, 3.8) is 0 Å². The van der Waals surface area contributed by atoms with Gasteiger partial charge in [-0.15, -0.1) is 0 Å². The Morgan fingerprint density at radius 1 is 1.35 bits per heavy atom. The largest absolute Gasteiger partial charge is 0.356 e. The van der Waals surface area contributed by atoms with Crippen molar-refractivity contribution >= 4 is 11.7 Å². The van der Waals surface area contributed by atoms with Crippen LogP contribution in [-0.2, 0) is 17.8 Å². The van der Waals surface area contributed by atoms with E-state index in [1.807, 2.05) is 36.9 Å². The molecule has 1 saturated heterocycles. The summed E-state index contributed by atoms with van der Waals surface area (Å²) >= 11 is 0. The zero-order valence-electron chi connectivity index (χ0n) is 16.0. The molecule has 0 aliphatic carbocycles. The standard InChI is InChI=1S/C20H29N5O/c1-4-18-15(2)23-25(16(18)3)14-20(26)22-12-17-8-7-11-24(13-17)19-9-5-6-10-21-19/h5-6,9-10,17H,4,7-8,11-14H2,1-3H3,(H,22,26)/t17-/m1/s1. The molecule has 0 aromatic carbocycles. The Morgan fingerprint density at radius 2 is 2.19 bits per heavy atom. The van der Waals surface area contributed by atoms with Crippen LogP contribution in [0, 0.1) is 19.8 Å². The van der Waals surface area contributed by atoms with Crippen molar-refractivity contribution in [1.82, 2.24) is 20.1 Å². The number of carbonyl (C=O) groups excluding carboxylic acids is 1. The number of carbonyl (C=O) groups is 1. The molecule has 0 bridgehead atoms. The van der Waals surface area contributed by atoms with Crippen LogP contribution in [0.5, 0.6) is 0 Å². The average molecular weight is 355 g/mol. The van der Waals surface area contributed by atoms with Crippen molar-refractivity contribution in [3.05, 3.63) is 41.3 Å². The number of aromatic nitrogens is 3. The summed E-state index contributed by atoms with van der Waals surface area (Å²) in [6.45, 7) is 9.15. The van der Waals surface area contributed by atoms with Gasteiger partial charge in [-0.05, 0) is 56.7 Å². The highest BCUT2D eigenvalue weighted by Gasteiger charge is 2.21. The molecular formula is C20H29N5O. The molecule has 26 heavy (non-hydrogen) atoms. The predicted molar refractivity (Wildman–Crippen MR) is 103 cm³/mol. The van der Waals surface area contributed by atoms with E-state index in [2.05, 4.69) is 33.3 Å². The summed E-state index contributed by atoms with van der Waals surface area (Å²) in [6.07, 6.45) is 5.06. The second-order valence-corrected chi connectivity index (χ2v) is 7.11. The van der Waals surface area contributed by atoms with Gasteiger partial charge in [-0.25, -0.2) is 4.98 Å². The molecule has 0 saturated carbocycles. The Balaban J connectivity index is 1.51. The molecule has 0 unspecified atom stereocenters. The zero-order chi connectivity index (χ0) is 18.5. The second-order valence-electron chi connectivity index (χ2n) is 7.11. The lowest BCUT2D eigenvalue weighted by Gasteiger charge is -2.33. The molecule has 6 nitrogen and oxygen atoms in total. The third-order valence-corrected chi connectivity index (χ3v) is 5.26. The van der Waals surface area contributed by atoms with Gasteiger partial charge in [-0.1, -0.05) is 13.0 Å². The van der Waals surface area contributed by atoms with E-state index in [0.29, 0.717) is 19.0 Å². The van der Waals surface area contributed by atoms with E-state index in [-0.39, 0.29) is 5.91 Å². The van der Waals surface area contributed by atoms with Crippen LogP contribution in [0.25, 0.3) is 0 Å². The van der Waals surface area contributed by atoms with Gasteiger partial charge in [0.05, 0.1) is 5.69 Å². The summed E-state index contributed by atoms with van der Waals surface area (Å²) in [5.74, 6) is 1.52. The highest BCUT2D eigenvalue weighted by molar-refractivity contribution is 5.75. The molecule has 6 heteroatoms. The van der Waals surface area contributed by atoms with Crippen LogP contribution in [0.4, 0.5) is 5.82 Å². The maximum absolute atomic E-state index is 12.4. The van der Waals surface area contributed by atoms with Crippen molar-refractivity contribution in [2.75, 3.05) is 24.5 Å². The lowest BCUT2D eigenvalue weighted by atomic mass is 9.98. The minimum atomic E-state index is 0.0354. The van der Waals surface area contributed by atoms with Gasteiger partial charge in [-0.2, -0.15) is 5.10 Å². The second kappa shape index (κ2) is 8.34. The topological polar surface area (TPSA) is 63.1 Å². The van der Waals surface area contributed by atoms with Crippen LogP contribution in [0.2, 0.25) is 0 Å². The van der Waals surface area contributed by atoms with Gasteiger partial charge in [-0.3, -0.25) is 9.48 Å². The lowest BCUT2D eigenvalue weighted by Crippen LogP contribution is -2.42. The first-order valence-corrected chi connectivity index (χ1v) is 9.54. The van der Waals surface area contributed by atoms with Crippen LogP contribution >= 0.6 is 0 Å². The fourth-order valence-corrected chi connectivity index (χ4v) is 3.83. The van der Waals surface area contributed by atoms with Crippen LogP contribution in [0.3, 0.4) is 0 Å². The maximum Gasteiger partial charge on any atom is 0.241 e. The van der Waals surface area contributed by atoms with Gasteiger partial charge in [0.1, 0.15) is 12.4 Å². The van der Waals surface area contributed by atoms with Crippen molar-refractivity contribution < 1.29 is 4.79 Å². The third kappa shape index (κ3) is 4.23. The quantitative estimate of drug-likeness (QED) is 0.865. The van der Waals surface area contributed by atoms with Gasteiger partial charge in [0.2, 0.25) is 5.91 Å². The van der Waals surface area contributed by atoms with Gasteiger partial charge < -0.3 is 10.2 Å². The Bertz CT molecular complexity index is 740. The van der Waals surface area contributed by atoms with Crippen LogP contribution in [-0.4, -0.2) is 40.3 Å². The molecule has 2 aromatic rings. The van der Waals surface area contributed by atoms with Gasteiger partial charge >= 0.3 is 0 Å². The summed E-state index contributed by atoms with van der Waals surface area (Å²) in [4.78, 5) is 19.1. The summed E-state index contributed by atoms with van der Waals surface area (Å²) < 4.78 is 1.82. The molecule has 2 aromatic heterocycles. The molecule has 0 spiro atoms. The minimum absolute atomic E-state index is 0.0354. The third-order valence-electron chi connectivity index (χ3n) is 5.26. The summed E-state index contributed by atoms with van der Waals surface area (Å²) in [5, 5.41) is 7.61. The minimum Gasteiger partial charge on any atom is -0.356 e. The molecule has 1 atom stereocenters. The van der Waals surface area contributed by atoms with E-state index >= 15 is 0 Å². The molecule has 0 radical (unpaired) electrons. The van der Waals surface area contributed by atoms with E-state index in [0.717, 1.165) is 49.6 Å². The average Bonchev–Trinajstić information content (AvgIpc) is 2.93. The number of hydrogen-bond donors (Lipinski definition) is 1. The number of nitrogens with one attached hydrogen (secondary N) is 1. The number of anilines is 1. The molecule has 1 N–H and O–H groups in total. The Labute approximate surface area is 155 Å². The first kappa shape index (κ1) is 18.4. The fraction of sp³-hybridized carbons (Fsp3) is 0.550. The Morgan fingerprint density at radius 3 is 2.88 bits per heavy atom. The normalized spacial score (nSPS) is 17.3. The van der Waals surface area contributed by atoms with Crippen LogP contribution in [0.15, 0.2) is 24.4 Å².